The molecule has 8 heteroatoms. The number of nitrogens with zero attached hydrogens (tertiary/aromatic N) is 2. The first-order chi connectivity index (χ1) is 11.8. The highest BCUT2D eigenvalue weighted by molar-refractivity contribution is 6.32. The van der Waals surface area contributed by atoms with Crippen LogP contribution in [0, 0.1) is 16.0 Å². The lowest BCUT2D eigenvalue weighted by Crippen LogP contribution is -2.32. The van der Waals surface area contributed by atoms with Crippen LogP contribution in [0.3, 0.4) is 0 Å². The first-order valence-corrected chi connectivity index (χ1v) is 7.69. The van der Waals surface area contributed by atoms with Crippen molar-refractivity contribution in [2.45, 2.75) is 6.92 Å². The van der Waals surface area contributed by atoms with Gasteiger partial charge in [-0.05, 0) is 31.2 Å². The molecule has 0 saturated carbocycles. The van der Waals surface area contributed by atoms with E-state index >= 15 is 0 Å². The third-order valence-electron chi connectivity index (χ3n) is 3.84. The van der Waals surface area contributed by atoms with E-state index in [1.807, 2.05) is 13.0 Å². The molecule has 2 amide bonds. The number of allylic oxidation sites excluding steroid dienone is 3. The average molecular weight is 358 g/mol. The first-order valence-electron chi connectivity index (χ1n) is 7.31. The summed E-state index contributed by atoms with van der Waals surface area (Å²) in [6.07, 6.45) is 6.63. The molecule has 3 rings (SSSR count). The fraction of sp³-hybridized carbons (Fsp3) is 0.118. The highest BCUT2D eigenvalue weighted by Crippen LogP contribution is 2.27. The molecule has 0 aromatic heterocycles. The Morgan fingerprint density at radius 1 is 1.36 bits per heavy atom. The summed E-state index contributed by atoms with van der Waals surface area (Å²) in [5.74, 6) is -0.915. The molecule has 1 aliphatic carbocycles. The van der Waals surface area contributed by atoms with E-state index in [-0.39, 0.29) is 28.1 Å². The van der Waals surface area contributed by atoms with Crippen LogP contribution in [-0.4, -0.2) is 22.4 Å². The van der Waals surface area contributed by atoms with Gasteiger partial charge in [-0.1, -0.05) is 23.3 Å². The van der Waals surface area contributed by atoms with Crippen LogP contribution < -0.4 is 5.32 Å². The second-order valence-electron chi connectivity index (χ2n) is 5.58. The minimum Gasteiger partial charge on any atom is -0.325 e. The van der Waals surface area contributed by atoms with Gasteiger partial charge in [0.25, 0.3) is 11.6 Å². The summed E-state index contributed by atoms with van der Waals surface area (Å²) >= 11 is 5.74. The maximum atomic E-state index is 12.3. The molecular weight excluding hydrogens is 346 g/mol. The zero-order chi connectivity index (χ0) is 18.1. The molecule has 1 unspecified atom stereocenters. The molecule has 0 bridgehead atoms. The lowest BCUT2D eigenvalue weighted by atomic mass is 9.89. The summed E-state index contributed by atoms with van der Waals surface area (Å²) in [6, 6.07) is 3.75. The highest BCUT2D eigenvalue weighted by atomic mass is 35.5. The first kappa shape index (κ1) is 16.8. The number of rotatable bonds is 2. The Labute approximate surface area is 147 Å². The minimum atomic E-state index is -0.661. The fourth-order valence-electron chi connectivity index (χ4n) is 2.62. The smallest absolute Gasteiger partial charge is 0.288 e. The summed E-state index contributed by atoms with van der Waals surface area (Å²) in [6.45, 7) is 1.85. The Morgan fingerprint density at radius 3 is 2.84 bits per heavy atom. The zero-order valence-electron chi connectivity index (χ0n) is 13.0. The molecule has 0 spiro atoms. The van der Waals surface area contributed by atoms with E-state index in [1.54, 1.807) is 12.2 Å². The molecule has 1 atom stereocenters. The normalized spacial score (nSPS) is 20.5. The molecule has 1 aromatic carbocycles. The standard InChI is InChI=1S/C17H12ClN3O4/c1-9-6-16(22)20-14-8-11(3-4-12(9)14)19-17(23)10-2-5-13(18)15(7-10)21(24)25/h2-8,12H,1H3,(H,20,22). The van der Waals surface area contributed by atoms with Crippen LogP contribution in [0.25, 0.3) is 0 Å². The number of carbonyl (C=O) groups excluding carboxylic acids is 2. The lowest BCUT2D eigenvalue weighted by Gasteiger charge is -2.25. The van der Waals surface area contributed by atoms with Gasteiger partial charge in [0.05, 0.1) is 10.6 Å². The maximum Gasteiger partial charge on any atom is 0.288 e. The van der Waals surface area contributed by atoms with Gasteiger partial charge in [0.1, 0.15) is 5.02 Å². The van der Waals surface area contributed by atoms with E-state index < -0.39 is 10.8 Å². The number of carbonyl (C=O) groups is 2. The van der Waals surface area contributed by atoms with E-state index in [1.165, 1.54) is 18.2 Å². The van der Waals surface area contributed by atoms with E-state index in [2.05, 4.69) is 10.3 Å². The van der Waals surface area contributed by atoms with Crippen LogP contribution in [0.15, 0.2) is 58.8 Å². The van der Waals surface area contributed by atoms with Crippen molar-refractivity contribution in [2.75, 3.05) is 0 Å². The number of nitro groups is 1. The van der Waals surface area contributed by atoms with Crippen LogP contribution in [0.4, 0.5) is 5.69 Å². The van der Waals surface area contributed by atoms with Crippen molar-refractivity contribution in [3.05, 3.63) is 74.5 Å². The summed E-state index contributed by atoms with van der Waals surface area (Å²) < 4.78 is 0. The Morgan fingerprint density at radius 2 is 2.12 bits per heavy atom. The Bertz CT molecular complexity index is 928. The van der Waals surface area contributed by atoms with Gasteiger partial charge in [0.15, 0.2) is 0 Å². The van der Waals surface area contributed by atoms with Crippen LogP contribution in [0.5, 0.6) is 0 Å². The summed E-state index contributed by atoms with van der Waals surface area (Å²) in [7, 11) is 0. The van der Waals surface area contributed by atoms with E-state index in [9.17, 15) is 19.7 Å². The molecule has 1 N–H and O–H groups in total. The van der Waals surface area contributed by atoms with Crippen molar-refractivity contribution in [3.63, 3.8) is 0 Å². The van der Waals surface area contributed by atoms with Crippen LogP contribution in [-0.2, 0) is 4.79 Å². The molecule has 1 aromatic rings. The molecule has 2 aliphatic rings. The number of hydrogen-bond acceptors (Lipinski definition) is 4. The molecule has 0 radical (unpaired) electrons. The SMILES string of the molecule is CC1=CC(=O)NC2=CC(=NC(=O)c3ccc(Cl)c([N+](=O)[O-])c3)C=CC12. The third kappa shape index (κ3) is 3.41. The highest BCUT2D eigenvalue weighted by Gasteiger charge is 2.24. The van der Waals surface area contributed by atoms with Crippen LogP contribution >= 0.6 is 11.6 Å². The van der Waals surface area contributed by atoms with Gasteiger partial charge < -0.3 is 5.32 Å². The summed E-state index contributed by atoms with van der Waals surface area (Å²) in [5, 5.41) is 13.6. The number of amides is 2. The molecule has 7 nitrogen and oxygen atoms in total. The quantitative estimate of drug-likeness (QED) is 0.649. The summed E-state index contributed by atoms with van der Waals surface area (Å²) in [4.78, 5) is 38.1. The average Bonchev–Trinajstić information content (AvgIpc) is 2.54. The molecule has 0 saturated heterocycles. The topological polar surface area (TPSA) is 102 Å². The summed E-state index contributed by atoms with van der Waals surface area (Å²) in [5.41, 5.74) is 1.59. The van der Waals surface area contributed by atoms with E-state index in [4.69, 9.17) is 11.6 Å². The lowest BCUT2D eigenvalue weighted by molar-refractivity contribution is -0.384. The Hall–Kier alpha value is -3.06. The van der Waals surface area contributed by atoms with Gasteiger partial charge in [-0.3, -0.25) is 19.7 Å². The monoisotopic (exact) mass is 357 g/mol. The predicted molar refractivity (Wildman–Crippen MR) is 92.5 cm³/mol. The number of benzene rings is 1. The van der Waals surface area contributed by atoms with Crippen molar-refractivity contribution in [1.82, 2.24) is 5.32 Å². The van der Waals surface area contributed by atoms with Gasteiger partial charge in [-0.15, -0.1) is 0 Å². The number of nitrogens with one attached hydrogen (secondary N) is 1. The molecule has 1 aliphatic heterocycles. The number of fused-ring (bicyclic) bond motifs is 1. The Balaban J connectivity index is 1.90. The fourth-order valence-corrected chi connectivity index (χ4v) is 2.81. The van der Waals surface area contributed by atoms with Crippen molar-refractivity contribution < 1.29 is 14.5 Å². The van der Waals surface area contributed by atoms with Crippen LogP contribution in [0.1, 0.15) is 17.3 Å². The van der Waals surface area contributed by atoms with E-state index in [0.717, 1.165) is 11.6 Å². The van der Waals surface area contributed by atoms with Crippen molar-refractivity contribution in [2.24, 2.45) is 10.9 Å². The van der Waals surface area contributed by atoms with Crippen molar-refractivity contribution >= 4 is 34.8 Å². The van der Waals surface area contributed by atoms with Gasteiger partial charge in [-0.2, -0.15) is 0 Å². The number of hydrogen-bond donors (Lipinski definition) is 1. The van der Waals surface area contributed by atoms with E-state index in [0.29, 0.717) is 11.4 Å². The van der Waals surface area contributed by atoms with Crippen molar-refractivity contribution in [3.8, 4) is 0 Å². The number of nitro benzene ring substituents is 1. The molecular formula is C17H12ClN3O4. The third-order valence-corrected chi connectivity index (χ3v) is 4.15. The second-order valence-corrected chi connectivity index (χ2v) is 5.99. The van der Waals surface area contributed by atoms with Gasteiger partial charge in [0, 0.05) is 29.3 Å². The molecule has 25 heavy (non-hydrogen) atoms. The zero-order valence-corrected chi connectivity index (χ0v) is 13.8. The number of halogens is 1. The second kappa shape index (κ2) is 6.45. The minimum absolute atomic E-state index is 0.0519. The molecule has 0 fully saturated rings. The van der Waals surface area contributed by atoms with Crippen LogP contribution in [0.2, 0.25) is 5.02 Å². The van der Waals surface area contributed by atoms with Gasteiger partial charge >= 0.3 is 0 Å². The van der Waals surface area contributed by atoms with Crippen molar-refractivity contribution in [1.29, 1.82) is 0 Å². The predicted octanol–water partition coefficient (Wildman–Crippen LogP) is 2.98. The van der Waals surface area contributed by atoms with Gasteiger partial charge in [-0.25, -0.2) is 4.99 Å². The molecule has 126 valence electrons. The molecule has 1 heterocycles. The maximum absolute atomic E-state index is 12.3. The number of aliphatic imine (C=N–C) groups is 1. The Kier molecular flexibility index (Phi) is 4.33. The largest absolute Gasteiger partial charge is 0.325 e. The van der Waals surface area contributed by atoms with Gasteiger partial charge in [0.2, 0.25) is 5.91 Å².